The molecule has 0 aliphatic carbocycles. The lowest BCUT2D eigenvalue weighted by Crippen LogP contribution is -2.39. The summed E-state index contributed by atoms with van der Waals surface area (Å²) in [5, 5.41) is 13.5. The van der Waals surface area contributed by atoms with Gasteiger partial charge in [-0.05, 0) is 17.3 Å². The van der Waals surface area contributed by atoms with Crippen LogP contribution in [0.25, 0.3) is 0 Å². The molecule has 0 radical (unpaired) electrons. The zero-order valence-corrected chi connectivity index (χ0v) is 18.3. The Morgan fingerprint density at radius 3 is 2.11 bits per heavy atom. The molecule has 0 fully saturated rings. The molecule has 0 aliphatic rings. The van der Waals surface area contributed by atoms with Crippen LogP contribution >= 0.6 is 11.8 Å². The first-order chi connectivity index (χ1) is 12.3. The fraction of sp³-hybridized carbons (Fsp3) is 0.842. The normalized spacial score (nSPS) is 13.1. The maximum atomic E-state index is 11.9. The first-order valence-electron chi connectivity index (χ1n) is 9.28. The van der Waals surface area contributed by atoms with Crippen molar-refractivity contribution < 1.29 is 24.2 Å². The van der Waals surface area contributed by atoms with Crippen LogP contribution in [0.15, 0.2) is 0 Å². The number of thioether (sulfide) groups is 1. The fourth-order valence-corrected chi connectivity index (χ4v) is 2.86. The van der Waals surface area contributed by atoms with Crippen molar-refractivity contribution in [2.75, 3.05) is 25.5 Å². The van der Waals surface area contributed by atoms with Crippen molar-refractivity contribution in [2.45, 2.75) is 66.2 Å². The van der Waals surface area contributed by atoms with Crippen LogP contribution in [0.5, 0.6) is 0 Å². The standard InChI is InChI=1S/C19H36N2O5S/c1-18(2,3)9-7-14(22)20-10-12-26-11-8-15(23)21-16(17(24)25)27-13-19(4,5)6/h16H,7-13H2,1-6H3,(H,20,22)(H,21,23)(H,24,25)/t16-/m1/s1. The van der Waals surface area contributed by atoms with Gasteiger partial charge >= 0.3 is 5.97 Å². The Kier molecular flexibility index (Phi) is 11.7. The van der Waals surface area contributed by atoms with Crippen LogP contribution in [0.2, 0.25) is 0 Å². The number of amides is 2. The van der Waals surface area contributed by atoms with Crippen LogP contribution in [-0.4, -0.2) is 53.8 Å². The molecule has 0 spiro atoms. The van der Waals surface area contributed by atoms with E-state index in [4.69, 9.17) is 4.74 Å². The highest BCUT2D eigenvalue weighted by Crippen LogP contribution is 2.23. The van der Waals surface area contributed by atoms with Gasteiger partial charge in [0.2, 0.25) is 11.8 Å². The molecule has 0 heterocycles. The Balaban J connectivity index is 3.89. The van der Waals surface area contributed by atoms with Crippen LogP contribution < -0.4 is 10.6 Å². The van der Waals surface area contributed by atoms with Gasteiger partial charge in [-0.1, -0.05) is 41.5 Å². The second-order valence-corrected chi connectivity index (χ2v) is 10.0. The molecule has 0 aromatic heterocycles. The lowest BCUT2D eigenvalue weighted by atomic mass is 9.90. The number of carboxylic acid groups (broad SMARTS) is 1. The van der Waals surface area contributed by atoms with Gasteiger partial charge in [0.25, 0.3) is 0 Å². The topological polar surface area (TPSA) is 105 Å². The summed E-state index contributed by atoms with van der Waals surface area (Å²) < 4.78 is 5.33. The second kappa shape index (κ2) is 12.2. The van der Waals surface area contributed by atoms with E-state index in [0.717, 1.165) is 6.42 Å². The summed E-state index contributed by atoms with van der Waals surface area (Å²) in [7, 11) is 0. The minimum Gasteiger partial charge on any atom is -0.479 e. The lowest BCUT2D eigenvalue weighted by molar-refractivity contribution is -0.139. The van der Waals surface area contributed by atoms with E-state index in [1.807, 2.05) is 20.8 Å². The van der Waals surface area contributed by atoms with Crippen molar-refractivity contribution in [1.29, 1.82) is 0 Å². The van der Waals surface area contributed by atoms with Crippen molar-refractivity contribution >= 4 is 29.5 Å². The Hall–Kier alpha value is -1.28. The van der Waals surface area contributed by atoms with E-state index in [2.05, 4.69) is 31.4 Å². The van der Waals surface area contributed by atoms with E-state index < -0.39 is 11.3 Å². The maximum absolute atomic E-state index is 11.9. The number of carboxylic acids is 1. The Morgan fingerprint density at radius 1 is 0.963 bits per heavy atom. The molecule has 2 amide bonds. The third-order valence-corrected chi connectivity index (χ3v) is 5.03. The molecule has 0 aliphatic heterocycles. The minimum absolute atomic E-state index is 0.00792. The van der Waals surface area contributed by atoms with Crippen LogP contribution in [0.1, 0.15) is 60.8 Å². The predicted octanol–water partition coefficient (Wildman–Crippen LogP) is 2.64. The molecular formula is C19H36N2O5S. The van der Waals surface area contributed by atoms with Gasteiger partial charge in [0.1, 0.15) is 0 Å². The molecule has 8 heteroatoms. The zero-order chi connectivity index (χ0) is 21.1. The number of hydrogen-bond acceptors (Lipinski definition) is 5. The van der Waals surface area contributed by atoms with Gasteiger partial charge < -0.3 is 20.5 Å². The smallest absolute Gasteiger partial charge is 0.336 e. The lowest BCUT2D eigenvalue weighted by Gasteiger charge is -2.21. The molecule has 0 rings (SSSR count). The Morgan fingerprint density at radius 2 is 1.59 bits per heavy atom. The molecule has 0 aromatic carbocycles. The minimum atomic E-state index is -1.06. The SMILES string of the molecule is CC(C)(C)CCC(=O)NCCOCCC(=O)N[C@H](SCC(C)(C)C)C(=O)O. The van der Waals surface area contributed by atoms with E-state index in [-0.39, 0.29) is 35.7 Å². The number of rotatable bonds is 12. The predicted molar refractivity (Wildman–Crippen MR) is 109 cm³/mol. The zero-order valence-electron chi connectivity index (χ0n) is 17.5. The number of hydrogen-bond donors (Lipinski definition) is 3. The van der Waals surface area contributed by atoms with Crippen LogP contribution in [0, 0.1) is 10.8 Å². The monoisotopic (exact) mass is 404 g/mol. The molecule has 0 aromatic rings. The molecule has 1 atom stereocenters. The molecule has 27 heavy (non-hydrogen) atoms. The van der Waals surface area contributed by atoms with Crippen molar-refractivity contribution in [1.82, 2.24) is 10.6 Å². The molecule has 0 saturated carbocycles. The quantitative estimate of drug-likeness (QED) is 0.341. The highest BCUT2D eigenvalue weighted by Gasteiger charge is 2.23. The summed E-state index contributed by atoms with van der Waals surface area (Å²) in [4.78, 5) is 34.8. The van der Waals surface area contributed by atoms with Gasteiger partial charge in [-0.25, -0.2) is 4.79 Å². The van der Waals surface area contributed by atoms with E-state index in [1.165, 1.54) is 11.8 Å². The van der Waals surface area contributed by atoms with E-state index in [0.29, 0.717) is 25.3 Å². The number of aliphatic carboxylic acids is 1. The summed E-state index contributed by atoms with van der Waals surface area (Å²) in [6.45, 7) is 13.2. The third kappa shape index (κ3) is 16.6. The van der Waals surface area contributed by atoms with Crippen molar-refractivity contribution in [2.24, 2.45) is 10.8 Å². The van der Waals surface area contributed by atoms with Gasteiger partial charge in [0.05, 0.1) is 19.6 Å². The summed E-state index contributed by atoms with van der Waals surface area (Å²) in [5.74, 6) is -0.809. The average Bonchev–Trinajstić information content (AvgIpc) is 2.50. The maximum Gasteiger partial charge on any atom is 0.336 e. The van der Waals surface area contributed by atoms with E-state index >= 15 is 0 Å². The second-order valence-electron chi connectivity index (χ2n) is 8.93. The number of ether oxygens (including phenoxy) is 1. The molecule has 0 saturated heterocycles. The summed E-state index contributed by atoms with van der Waals surface area (Å²) in [6.07, 6.45) is 1.38. The summed E-state index contributed by atoms with van der Waals surface area (Å²) in [6, 6.07) is 0. The molecule has 0 bridgehead atoms. The largest absolute Gasteiger partial charge is 0.479 e. The van der Waals surface area contributed by atoms with Crippen molar-refractivity contribution in [3.05, 3.63) is 0 Å². The van der Waals surface area contributed by atoms with Crippen molar-refractivity contribution in [3.63, 3.8) is 0 Å². The molecule has 3 N–H and O–H groups in total. The molecular weight excluding hydrogens is 368 g/mol. The van der Waals surface area contributed by atoms with Crippen LogP contribution in [0.4, 0.5) is 0 Å². The summed E-state index contributed by atoms with van der Waals surface area (Å²) >= 11 is 1.20. The van der Waals surface area contributed by atoms with E-state index in [9.17, 15) is 19.5 Å². The van der Waals surface area contributed by atoms with Crippen LogP contribution in [0.3, 0.4) is 0 Å². The molecule has 7 nitrogen and oxygen atoms in total. The number of carbonyl (C=O) groups is 3. The summed E-state index contributed by atoms with van der Waals surface area (Å²) in [5.41, 5.74) is 0.101. The molecule has 0 unspecified atom stereocenters. The van der Waals surface area contributed by atoms with E-state index in [1.54, 1.807) is 0 Å². The highest BCUT2D eigenvalue weighted by molar-refractivity contribution is 8.00. The van der Waals surface area contributed by atoms with Crippen LogP contribution in [-0.2, 0) is 19.1 Å². The highest BCUT2D eigenvalue weighted by atomic mass is 32.2. The average molecular weight is 405 g/mol. The number of carbonyl (C=O) groups excluding carboxylic acids is 2. The number of nitrogens with one attached hydrogen (secondary N) is 2. The van der Waals surface area contributed by atoms with Gasteiger partial charge in [-0.3, -0.25) is 9.59 Å². The first-order valence-corrected chi connectivity index (χ1v) is 10.3. The van der Waals surface area contributed by atoms with Gasteiger partial charge in [-0.2, -0.15) is 0 Å². The third-order valence-electron chi connectivity index (χ3n) is 3.34. The van der Waals surface area contributed by atoms with Gasteiger partial charge in [0, 0.05) is 18.7 Å². The molecule has 158 valence electrons. The van der Waals surface area contributed by atoms with Gasteiger partial charge in [0.15, 0.2) is 5.37 Å². The van der Waals surface area contributed by atoms with Gasteiger partial charge in [-0.15, -0.1) is 11.8 Å². The first kappa shape index (κ1) is 25.7. The van der Waals surface area contributed by atoms with Crippen molar-refractivity contribution in [3.8, 4) is 0 Å². The Labute approximate surface area is 167 Å². The fourth-order valence-electron chi connectivity index (χ4n) is 1.83. The Bertz CT molecular complexity index is 483.